The Balaban J connectivity index is 2.30. The van der Waals surface area contributed by atoms with Gasteiger partial charge in [0.15, 0.2) is 0 Å². The molecule has 0 radical (unpaired) electrons. The van der Waals surface area contributed by atoms with E-state index >= 15 is 0 Å². The SMILES string of the molecule is O=C(O)c1cc(-c2cc(Cl)ccn2)nc2ccncc12. The van der Waals surface area contributed by atoms with E-state index in [1.807, 2.05) is 0 Å². The zero-order valence-corrected chi connectivity index (χ0v) is 10.9. The number of aromatic carboxylic acids is 1. The molecule has 3 aromatic heterocycles. The fourth-order valence-corrected chi connectivity index (χ4v) is 2.08. The van der Waals surface area contributed by atoms with E-state index < -0.39 is 5.97 Å². The van der Waals surface area contributed by atoms with Crippen LogP contribution in [0.15, 0.2) is 42.9 Å². The fraction of sp³-hybridized carbons (Fsp3) is 0. The number of hydrogen-bond acceptors (Lipinski definition) is 4. The lowest BCUT2D eigenvalue weighted by atomic mass is 10.1. The van der Waals surface area contributed by atoms with Crippen molar-refractivity contribution in [1.29, 1.82) is 0 Å². The minimum atomic E-state index is -1.03. The van der Waals surface area contributed by atoms with Crippen LogP contribution in [0.5, 0.6) is 0 Å². The highest BCUT2D eigenvalue weighted by Gasteiger charge is 2.13. The van der Waals surface area contributed by atoms with Gasteiger partial charge in [-0.3, -0.25) is 9.97 Å². The Morgan fingerprint density at radius 1 is 1.15 bits per heavy atom. The first kappa shape index (κ1) is 12.5. The van der Waals surface area contributed by atoms with Crippen molar-refractivity contribution in [1.82, 2.24) is 15.0 Å². The molecule has 0 spiro atoms. The van der Waals surface area contributed by atoms with Crippen molar-refractivity contribution >= 4 is 28.5 Å². The number of fused-ring (bicyclic) bond motifs is 1. The number of hydrogen-bond donors (Lipinski definition) is 1. The molecule has 3 rings (SSSR count). The maximum atomic E-state index is 11.4. The predicted molar refractivity (Wildman–Crippen MR) is 74.7 cm³/mol. The fourth-order valence-electron chi connectivity index (χ4n) is 1.92. The number of carboxylic acid groups (broad SMARTS) is 1. The maximum Gasteiger partial charge on any atom is 0.336 e. The Kier molecular flexibility index (Phi) is 3.04. The van der Waals surface area contributed by atoms with Gasteiger partial charge in [0.2, 0.25) is 0 Å². The average Bonchev–Trinajstić information content (AvgIpc) is 2.46. The van der Waals surface area contributed by atoms with Gasteiger partial charge >= 0.3 is 5.97 Å². The summed E-state index contributed by atoms with van der Waals surface area (Å²) in [6.45, 7) is 0. The van der Waals surface area contributed by atoms with Crippen LogP contribution in [0, 0.1) is 0 Å². The largest absolute Gasteiger partial charge is 0.478 e. The second-order valence-electron chi connectivity index (χ2n) is 4.11. The number of carboxylic acids is 1. The predicted octanol–water partition coefficient (Wildman–Crippen LogP) is 3.04. The second-order valence-corrected chi connectivity index (χ2v) is 4.55. The van der Waals surface area contributed by atoms with E-state index in [1.54, 1.807) is 30.6 Å². The zero-order valence-electron chi connectivity index (χ0n) is 10.1. The van der Waals surface area contributed by atoms with Gasteiger partial charge in [0.25, 0.3) is 0 Å². The number of halogens is 1. The number of pyridine rings is 3. The number of aromatic nitrogens is 3. The minimum absolute atomic E-state index is 0.139. The lowest BCUT2D eigenvalue weighted by molar-refractivity contribution is 0.0699. The molecule has 0 unspecified atom stereocenters. The Morgan fingerprint density at radius 2 is 2.00 bits per heavy atom. The second kappa shape index (κ2) is 4.86. The molecular formula is C14H8ClN3O2. The summed E-state index contributed by atoms with van der Waals surface area (Å²) in [5.74, 6) is -1.03. The van der Waals surface area contributed by atoms with Gasteiger partial charge in [-0.1, -0.05) is 11.6 Å². The Hall–Kier alpha value is -2.53. The minimum Gasteiger partial charge on any atom is -0.478 e. The highest BCUT2D eigenvalue weighted by molar-refractivity contribution is 6.30. The molecule has 6 heteroatoms. The van der Waals surface area contributed by atoms with Crippen LogP contribution in [0.25, 0.3) is 22.3 Å². The first-order chi connectivity index (χ1) is 9.65. The molecule has 5 nitrogen and oxygen atoms in total. The number of rotatable bonds is 2. The van der Waals surface area contributed by atoms with Crippen molar-refractivity contribution in [2.75, 3.05) is 0 Å². The molecule has 20 heavy (non-hydrogen) atoms. The summed E-state index contributed by atoms with van der Waals surface area (Å²) in [4.78, 5) is 23.9. The summed E-state index contributed by atoms with van der Waals surface area (Å²) >= 11 is 5.92. The first-order valence-electron chi connectivity index (χ1n) is 5.75. The van der Waals surface area contributed by atoms with Crippen LogP contribution in [0.4, 0.5) is 0 Å². The van der Waals surface area contributed by atoms with E-state index in [0.29, 0.717) is 27.3 Å². The molecule has 0 saturated carbocycles. The van der Waals surface area contributed by atoms with Crippen LogP contribution in [-0.4, -0.2) is 26.0 Å². The van der Waals surface area contributed by atoms with Crippen LogP contribution in [0.2, 0.25) is 5.02 Å². The monoisotopic (exact) mass is 285 g/mol. The molecule has 0 fully saturated rings. The van der Waals surface area contributed by atoms with E-state index in [0.717, 1.165) is 0 Å². The van der Waals surface area contributed by atoms with Crippen LogP contribution in [-0.2, 0) is 0 Å². The molecular weight excluding hydrogens is 278 g/mol. The Bertz CT molecular complexity index is 820. The van der Waals surface area contributed by atoms with Crippen molar-refractivity contribution in [3.05, 3.63) is 53.4 Å². The van der Waals surface area contributed by atoms with Crippen molar-refractivity contribution < 1.29 is 9.90 Å². The summed E-state index contributed by atoms with van der Waals surface area (Å²) < 4.78 is 0. The normalized spacial score (nSPS) is 10.7. The molecule has 0 aliphatic rings. The molecule has 98 valence electrons. The average molecular weight is 286 g/mol. The molecule has 0 aromatic carbocycles. The van der Waals surface area contributed by atoms with Crippen molar-refractivity contribution in [2.24, 2.45) is 0 Å². The topological polar surface area (TPSA) is 76.0 Å². The van der Waals surface area contributed by atoms with Gasteiger partial charge in [0, 0.05) is 29.0 Å². The molecule has 0 saturated heterocycles. The van der Waals surface area contributed by atoms with Crippen molar-refractivity contribution in [2.45, 2.75) is 0 Å². The van der Waals surface area contributed by atoms with Gasteiger partial charge in [0.1, 0.15) is 0 Å². The van der Waals surface area contributed by atoms with E-state index in [2.05, 4.69) is 15.0 Å². The highest BCUT2D eigenvalue weighted by atomic mass is 35.5. The van der Waals surface area contributed by atoms with Crippen LogP contribution in [0.3, 0.4) is 0 Å². The summed E-state index contributed by atoms with van der Waals surface area (Å²) in [5.41, 5.74) is 1.68. The maximum absolute atomic E-state index is 11.4. The molecule has 3 aromatic rings. The van der Waals surface area contributed by atoms with Gasteiger partial charge in [-0.2, -0.15) is 0 Å². The number of nitrogens with zero attached hydrogens (tertiary/aromatic N) is 3. The van der Waals surface area contributed by atoms with Gasteiger partial charge in [-0.15, -0.1) is 0 Å². The molecule has 0 aliphatic heterocycles. The smallest absolute Gasteiger partial charge is 0.336 e. The lowest BCUT2D eigenvalue weighted by Crippen LogP contribution is -2.01. The van der Waals surface area contributed by atoms with E-state index in [9.17, 15) is 9.90 Å². The standard InChI is InChI=1S/C14H8ClN3O2/c15-8-1-4-17-12(5-8)13-6-9(14(19)20)10-7-16-3-2-11(10)18-13/h1-7H,(H,19,20). The lowest BCUT2D eigenvalue weighted by Gasteiger charge is -2.06. The van der Waals surface area contributed by atoms with Crippen LogP contribution >= 0.6 is 11.6 Å². The molecule has 0 amide bonds. The molecule has 3 heterocycles. The zero-order chi connectivity index (χ0) is 14.1. The summed E-state index contributed by atoms with van der Waals surface area (Å²) in [7, 11) is 0. The third-order valence-corrected chi connectivity index (χ3v) is 3.06. The number of carbonyl (C=O) groups is 1. The summed E-state index contributed by atoms with van der Waals surface area (Å²) in [6, 6.07) is 6.43. The van der Waals surface area contributed by atoms with Gasteiger partial charge in [-0.05, 0) is 24.3 Å². The Labute approximate surface area is 118 Å². The van der Waals surface area contributed by atoms with Crippen molar-refractivity contribution in [3.63, 3.8) is 0 Å². The van der Waals surface area contributed by atoms with Crippen molar-refractivity contribution in [3.8, 4) is 11.4 Å². The third-order valence-electron chi connectivity index (χ3n) is 2.83. The molecule has 1 N–H and O–H groups in total. The first-order valence-corrected chi connectivity index (χ1v) is 6.13. The molecule has 0 aliphatic carbocycles. The third kappa shape index (κ3) is 2.19. The summed E-state index contributed by atoms with van der Waals surface area (Å²) in [5, 5.41) is 10.3. The summed E-state index contributed by atoms with van der Waals surface area (Å²) in [6.07, 6.45) is 4.60. The van der Waals surface area contributed by atoms with E-state index in [4.69, 9.17) is 11.6 Å². The van der Waals surface area contributed by atoms with E-state index in [1.165, 1.54) is 12.3 Å². The Morgan fingerprint density at radius 3 is 2.75 bits per heavy atom. The van der Waals surface area contributed by atoms with Gasteiger partial charge < -0.3 is 5.11 Å². The molecule has 0 bridgehead atoms. The van der Waals surface area contributed by atoms with E-state index in [-0.39, 0.29) is 5.56 Å². The van der Waals surface area contributed by atoms with Crippen LogP contribution < -0.4 is 0 Å². The van der Waals surface area contributed by atoms with Gasteiger partial charge in [0.05, 0.1) is 22.5 Å². The quantitative estimate of drug-likeness (QED) is 0.783. The van der Waals surface area contributed by atoms with Crippen LogP contribution in [0.1, 0.15) is 10.4 Å². The molecule has 0 atom stereocenters. The van der Waals surface area contributed by atoms with Gasteiger partial charge in [-0.25, -0.2) is 9.78 Å². The highest BCUT2D eigenvalue weighted by Crippen LogP contribution is 2.24.